The molecular formula is C18H30N2. The number of hydrogen-bond donors (Lipinski definition) is 2. The van der Waals surface area contributed by atoms with Gasteiger partial charge in [0, 0.05) is 11.7 Å². The van der Waals surface area contributed by atoms with Gasteiger partial charge in [-0.3, -0.25) is 0 Å². The first-order valence-corrected chi connectivity index (χ1v) is 7.94. The molecule has 0 aromatic rings. The lowest BCUT2D eigenvalue weighted by molar-refractivity contribution is 0.308. The van der Waals surface area contributed by atoms with E-state index in [-0.39, 0.29) is 0 Å². The van der Waals surface area contributed by atoms with Crippen LogP contribution in [0, 0.1) is 11.3 Å². The maximum absolute atomic E-state index is 6.17. The molecule has 0 saturated carbocycles. The Morgan fingerprint density at radius 3 is 2.60 bits per heavy atom. The monoisotopic (exact) mass is 274 g/mol. The molecule has 0 aromatic heterocycles. The van der Waals surface area contributed by atoms with Gasteiger partial charge in [0.25, 0.3) is 0 Å². The van der Waals surface area contributed by atoms with Crippen molar-refractivity contribution in [3.05, 3.63) is 35.1 Å². The standard InChI is InChI=1S/C18H30N2/c1-13-10-14(7-9-17(13)20)4-5-15-6-8-16(19)12-18(2,3)11-15/h6-7,9,13,16H,4-5,8,10-12,19-20H2,1-3H3. The van der Waals surface area contributed by atoms with Crippen LogP contribution < -0.4 is 11.5 Å². The molecule has 0 aliphatic heterocycles. The molecule has 0 heterocycles. The third-order valence-corrected chi connectivity index (χ3v) is 4.65. The average Bonchev–Trinajstić information content (AvgIpc) is 2.48. The fourth-order valence-corrected chi connectivity index (χ4v) is 3.52. The third kappa shape index (κ3) is 4.24. The molecule has 2 nitrogen and oxygen atoms in total. The van der Waals surface area contributed by atoms with Crippen LogP contribution in [0.1, 0.15) is 59.3 Å². The zero-order chi connectivity index (χ0) is 14.8. The van der Waals surface area contributed by atoms with Gasteiger partial charge < -0.3 is 11.5 Å². The van der Waals surface area contributed by atoms with Crippen molar-refractivity contribution >= 4 is 0 Å². The molecule has 0 fully saturated rings. The predicted octanol–water partition coefficient (Wildman–Crippen LogP) is 4.04. The first-order chi connectivity index (χ1) is 9.35. The molecule has 112 valence electrons. The molecule has 2 rings (SSSR count). The minimum Gasteiger partial charge on any atom is -0.402 e. The molecule has 0 aromatic carbocycles. The second-order valence-corrected chi connectivity index (χ2v) is 7.50. The summed E-state index contributed by atoms with van der Waals surface area (Å²) in [6.07, 6.45) is 13.6. The van der Waals surface area contributed by atoms with Gasteiger partial charge in [-0.1, -0.05) is 44.1 Å². The Morgan fingerprint density at radius 2 is 1.90 bits per heavy atom. The van der Waals surface area contributed by atoms with Crippen molar-refractivity contribution in [1.29, 1.82) is 0 Å². The second-order valence-electron chi connectivity index (χ2n) is 7.50. The van der Waals surface area contributed by atoms with Gasteiger partial charge in [0.1, 0.15) is 0 Å². The van der Waals surface area contributed by atoms with E-state index in [4.69, 9.17) is 11.5 Å². The maximum Gasteiger partial charge on any atom is 0.0112 e. The Bertz CT molecular complexity index is 440. The molecule has 20 heavy (non-hydrogen) atoms. The Kier molecular flexibility index (Phi) is 4.74. The molecule has 0 spiro atoms. The molecule has 2 atom stereocenters. The summed E-state index contributed by atoms with van der Waals surface area (Å²) in [6.45, 7) is 6.90. The lowest BCUT2D eigenvalue weighted by Gasteiger charge is -2.26. The molecule has 0 radical (unpaired) electrons. The van der Waals surface area contributed by atoms with Crippen molar-refractivity contribution in [2.75, 3.05) is 0 Å². The summed E-state index contributed by atoms with van der Waals surface area (Å²) in [4.78, 5) is 0. The van der Waals surface area contributed by atoms with Gasteiger partial charge in [-0.2, -0.15) is 0 Å². The van der Waals surface area contributed by atoms with Crippen LogP contribution in [0.3, 0.4) is 0 Å². The van der Waals surface area contributed by atoms with Crippen LogP contribution in [0.2, 0.25) is 0 Å². The van der Waals surface area contributed by atoms with E-state index in [0.29, 0.717) is 17.4 Å². The van der Waals surface area contributed by atoms with Gasteiger partial charge >= 0.3 is 0 Å². The van der Waals surface area contributed by atoms with Crippen LogP contribution in [0.25, 0.3) is 0 Å². The van der Waals surface area contributed by atoms with Gasteiger partial charge in [-0.05, 0) is 55.9 Å². The molecular weight excluding hydrogens is 244 g/mol. The van der Waals surface area contributed by atoms with Crippen LogP contribution in [0.4, 0.5) is 0 Å². The van der Waals surface area contributed by atoms with E-state index >= 15 is 0 Å². The molecule has 0 saturated heterocycles. The summed E-state index contributed by atoms with van der Waals surface area (Å²) >= 11 is 0. The van der Waals surface area contributed by atoms with Crippen LogP contribution in [0.15, 0.2) is 35.1 Å². The number of rotatable bonds is 3. The van der Waals surface area contributed by atoms with Crippen molar-refractivity contribution in [1.82, 2.24) is 0 Å². The highest BCUT2D eigenvalue weighted by Gasteiger charge is 2.25. The molecule has 2 aliphatic rings. The van der Waals surface area contributed by atoms with Gasteiger partial charge in [-0.15, -0.1) is 0 Å². The summed E-state index contributed by atoms with van der Waals surface area (Å²) in [6, 6.07) is 0.333. The Labute approximate surface area is 124 Å². The Hall–Kier alpha value is -1.02. The fourth-order valence-electron chi connectivity index (χ4n) is 3.52. The first kappa shape index (κ1) is 15.4. The number of hydrogen-bond acceptors (Lipinski definition) is 2. The molecule has 2 heteroatoms. The molecule has 4 N–H and O–H groups in total. The van der Waals surface area contributed by atoms with E-state index in [2.05, 4.69) is 39.0 Å². The minimum absolute atomic E-state index is 0.333. The van der Waals surface area contributed by atoms with Crippen LogP contribution in [0.5, 0.6) is 0 Å². The number of allylic oxidation sites excluding steroid dienone is 5. The van der Waals surface area contributed by atoms with E-state index in [0.717, 1.165) is 25.0 Å². The normalized spacial score (nSPS) is 30.1. The van der Waals surface area contributed by atoms with Gasteiger partial charge in [0.15, 0.2) is 0 Å². The molecule has 0 amide bonds. The summed E-state index contributed by atoms with van der Waals surface area (Å²) in [5.41, 5.74) is 16.6. The highest BCUT2D eigenvalue weighted by molar-refractivity contribution is 5.25. The molecule has 0 bridgehead atoms. The van der Waals surface area contributed by atoms with Gasteiger partial charge in [0.05, 0.1) is 0 Å². The van der Waals surface area contributed by atoms with Crippen molar-refractivity contribution in [2.24, 2.45) is 22.8 Å². The summed E-state index contributed by atoms with van der Waals surface area (Å²) in [5, 5.41) is 0. The molecule has 2 aliphatic carbocycles. The fraction of sp³-hybridized carbons (Fsp3) is 0.667. The summed E-state index contributed by atoms with van der Waals surface area (Å²) in [5.74, 6) is 0.503. The zero-order valence-electron chi connectivity index (χ0n) is 13.3. The minimum atomic E-state index is 0.333. The predicted molar refractivity (Wildman–Crippen MR) is 87.1 cm³/mol. The Morgan fingerprint density at radius 1 is 1.20 bits per heavy atom. The average molecular weight is 274 g/mol. The topological polar surface area (TPSA) is 52.0 Å². The SMILES string of the molecule is CC1CC(CCC2=CCC(N)CC(C)(C)C2)=CC=C1N. The van der Waals surface area contributed by atoms with E-state index < -0.39 is 0 Å². The van der Waals surface area contributed by atoms with E-state index in [1.54, 1.807) is 11.1 Å². The van der Waals surface area contributed by atoms with Crippen molar-refractivity contribution in [2.45, 2.75) is 65.3 Å². The Balaban J connectivity index is 1.94. The van der Waals surface area contributed by atoms with Crippen LogP contribution >= 0.6 is 0 Å². The highest BCUT2D eigenvalue weighted by Crippen LogP contribution is 2.36. The summed E-state index contributed by atoms with van der Waals surface area (Å²) < 4.78 is 0. The van der Waals surface area contributed by atoms with E-state index in [1.807, 2.05) is 0 Å². The zero-order valence-corrected chi connectivity index (χ0v) is 13.3. The number of nitrogens with two attached hydrogens (primary N) is 2. The maximum atomic E-state index is 6.17. The highest BCUT2D eigenvalue weighted by atomic mass is 14.6. The van der Waals surface area contributed by atoms with E-state index in [9.17, 15) is 0 Å². The molecule has 2 unspecified atom stereocenters. The largest absolute Gasteiger partial charge is 0.402 e. The van der Waals surface area contributed by atoms with Crippen molar-refractivity contribution < 1.29 is 0 Å². The lowest BCUT2D eigenvalue weighted by atomic mass is 9.80. The summed E-state index contributed by atoms with van der Waals surface area (Å²) in [7, 11) is 0. The van der Waals surface area contributed by atoms with Crippen molar-refractivity contribution in [3.63, 3.8) is 0 Å². The smallest absolute Gasteiger partial charge is 0.0112 e. The van der Waals surface area contributed by atoms with Crippen LogP contribution in [-0.4, -0.2) is 6.04 Å². The van der Waals surface area contributed by atoms with Gasteiger partial charge in [0.2, 0.25) is 0 Å². The van der Waals surface area contributed by atoms with Gasteiger partial charge in [-0.25, -0.2) is 0 Å². The lowest BCUT2D eigenvalue weighted by Crippen LogP contribution is -2.25. The quantitative estimate of drug-likeness (QED) is 0.763. The van der Waals surface area contributed by atoms with Crippen molar-refractivity contribution in [3.8, 4) is 0 Å². The third-order valence-electron chi connectivity index (χ3n) is 4.65. The second kappa shape index (κ2) is 6.17. The first-order valence-electron chi connectivity index (χ1n) is 7.94. The van der Waals surface area contributed by atoms with E-state index in [1.165, 1.54) is 19.3 Å². The van der Waals surface area contributed by atoms with Crippen LogP contribution in [-0.2, 0) is 0 Å².